The van der Waals surface area contributed by atoms with Crippen LogP contribution in [0.2, 0.25) is 0 Å². The van der Waals surface area contributed by atoms with E-state index in [2.05, 4.69) is 0 Å². The lowest BCUT2D eigenvalue weighted by molar-refractivity contribution is 0.109. The maximum Gasteiger partial charge on any atom is 0.290 e. The molecule has 3 nitrogen and oxygen atoms in total. The summed E-state index contributed by atoms with van der Waals surface area (Å²) in [6.45, 7) is 0. The third kappa shape index (κ3) is 2.47. The van der Waals surface area contributed by atoms with Gasteiger partial charge in [-0.1, -0.05) is 48.5 Å². The van der Waals surface area contributed by atoms with Gasteiger partial charge in [-0.25, -0.2) is 0 Å². The molecule has 1 aromatic heterocycles. The first-order valence-corrected chi connectivity index (χ1v) is 6.24. The lowest BCUT2D eigenvalue weighted by atomic mass is 10.1. The number of carbonyl (C=O) groups is 1. The highest BCUT2D eigenvalue weighted by atomic mass is 16.6. The molecule has 2 aromatic carbocycles. The van der Waals surface area contributed by atoms with E-state index < -0.39 is 0 Å². The van der Waals surface area contributed by atoms with Crippen molar-refractivity contribution in [2.45, 2.75) is 0 Å². The number of para-hydroxylation sites is 1. The van der Waals surface area contributed by atoms with Gasteiger partial charge >= 0.3 is 0 Å². The molecule has 0 radical (unpaired) electrons. The molecule has 3 heteroatoms. The number of rotatable bonds is 4. The van der Waals surface area contributed by atoms with Crippen LogP contribution in [0.4, 0.5) is 0 Å². The third-order valence-electron chi connectivity index (χ3n) is 2.90. The van der Waals surface area contributed by atoms with E-state index in [0.29, 0.717) is 18.0 Å². The summed E-state index contributed by atoms with van der Waals surface area (Å²) in [6.07, 6.45) is 0.649. The number of hydrogen-bond donors (Lipinski definition) is 0. The van der Waals surface area contributed by atoms with Gasteiger partial charge in [0.2, 0.25) is 0 Å². The van der Waals surface area contributed by atoms with Gasteiger partial charge in [0.15, 0.2) is 12.0 Å². The molecule has 3 aromatic rings. The predicted octanol–water partition coefficient (Wildman–Crippen LogP) is 4.55. The van der Waals surface area contributed by atoms with Crippen LogP contribution < -0.4 is 4.74 Å². The Morgan fingerprint density at radius 3 is 2.35 bits per heavy atom. The van der Waals surface area contributed by atoms with Crippen LogP contribution >= 0.6 is 0 Å². The molecular weight excluding hydrogens is 252 g/mol. The van der Waals surface area contributed by atoms with Crippen LogP contribution in [0.15, 0.2) is 71.1 Å². The van der Waals surface area contributed by atoms with E-state index in [9.17, 15) is 4.79 Å². The van der Waals surface area contributed by atoms with Gasteiger partial charge in [-0.2, -0.15) is 0 Å². The molecule has 0 amide bonds. The molecule has 0 bridgehead atoms. The molecule has 0 spiro atoms. The summed E-state index contributed by atoms with van der Waals surface area (Å²) >= 11 is 0. The zero-order valence-electron chi connectivity index (χ0n) is 10.7. The van der Waals surface area contributed by atoms with Crippen molar-refractivity contribution in [2.75, 3.05) is 0 Å². The van der Waals surface area contributed by atoms with Crippen LogP contribution in [0, 0.1) is 0 Å². The van der Waals surface area contributed by atoms with E-state index in [-0.39, 0.29) is 5.76 Å². The van der Waals surface area contributed by atoms with Crippen molar-refractivity contribution in [2.24, 2.45) is 0 Å². The number of furan rings is 1. The first kappa shape index (κ1) is 12.2. The summed E-state index contributed by atoms with van der Waals surface area (Å²) in [7, 11) is 0. The van der Waals surface area contributed by atoms with Crippen LogP contribution in [0.1, 0.15) is 10.6 Å². The highest BCUT2D eigenvalue weighted by molar-refractivity contribution is 5.72. The molecule has 0 aliphatic heterocycles. The lowest BCUT2D eigenvalue weighted by Gasteiger charge is -2.09. The standard InChI is InChI=1S/C17H12O3/c18-12-14-10-11-17(19-14)20-16-9-5-4-8-15(16)13-6-2-1-3-7-13/h1-12H. The minimum absolute atomic E-state index is 0.247. The summed E-state index contributed by atoms with van der Waals surface area (Å²) in [4.78, 5) is 10.6. The van der Waals surface area contributed by atoms with E-state index in [4.69, 9.17) is 9.15 Å². The van der Waals surface area contributed by atoms with E-state index in [1.54, 1.807) is 12.1 Å². The Labute approximate surface area is 116 Å². The van der Waals surface area contributed by atoms with Crippen molar-refractivity contribution < 1.29 is 13.9 Å². The molecule has 0 unspecified atom stereocenters. The lowest BCUT2D eigenvalue weighted by Crippen LogP contribution is -1.86. The number of aldehydes is 1. The molecule has 0 saturated carbocycles. The number of ether oxygens (including phenoxy) is 1. The van der Waals surface area contributed by atoms with Crippen LogP contribution in [-0.2, 0) is 0 Å². The minimum atomic E-state index is 0.247. The van der Waals surface area contributed by atoms with Crippen molar-refractivity contribution in [1.82, 2.24) is 0 Å². The van der Waals surface area contributed by atoms with Crippen LogP contribution in [0.3, 0.4) is 0 Å². The van der Waals surface area contributed by atoms with E-state index in [1.165, 1.54) is 0 Å². The Hall–Kier alpha value is -2.81. The molecule has 20 heavy (non-hydrogen) atoms. The van der Waals surface area contributed by atoms with Crippen LogP contribution in [-0.4, -0.2) is 6.29 Å². The van der Waals surface area contributed by atoms with Gasteiger partial charge in [0, 0.05) is 11.6 Å². The van der Waals surface area contributed by atoms with Gasteiger partial charge < -0.3 is 9.15 Å². The summed E-state index contributed by atoms with van der Waals surface area (Å²) in [6, 6.07) is 20.9. The molecule has 3 rings (SSSR count). The van der Waals surface area contributed by atoms with Gasteiger partial charge in [-0.15, -0.1) is 0 Å². The van der Waals surface area contributed by atoms with Crippen molar-refractivity contribution in [1.29, 1.82) is 0 Å². The van der Waals surface area contributed by atoms with Gasteiger partial charge in [0.25, 0.3) is 5.95 Å². The quantitative estimate of drug-likeness (QED) is 0.649. The highest BCUT2D eigenvalue weighted by Crippen LogP contribution is 2.33. The number of carbonyl (C=O) groups excluding carboxylic acids is 1. The molecule has 1 heterocycles. The number of hydrogen-bond acceptors (Lipinski definition) is 3. The van der Waals surface area contributed by atoms with Gasteiger partial charge in [0.1, 0.15) is 5.75 Å². The maximum absolute atomic E-state index is 10.6. The average molecular weight is 264 g/mol. The first-order valence-electron chi connectivity index (χ1n) is 6.24. The van der Waals surface area contributed by atoms with Gasteiger partial charge in [-0.05, 0) is 17.7 Å². The van der Waals surface area contributed by atoms with E-state index in [1.807, 2.05) is 54.6 Å². The third-order valence-corrected chi connectivity index (χ3v) is 2.90. The molecule has 0 aliphatic rings. The zero-order valence-corrected chi connectivity index (χ0v) is 10.7. The maximum atomic E-state index is 10.6. The molecule has 98 valence electrons. The summed E-state index contributed by atoms with van der Waals surface area (Å²) in [5, 5.41) is 0. The largest absolute Gasteiger partial charge is 0.425 e. The SMILES string of the molecule is O=Cc1ccc(Oc2ccccc2-c2ccccc2)o1. The molecule has 0 saturated heterocycles. The van der Waals surface area contributed by atoms with Crippen molar-refractivity contribution in [3.05, 3.63) is 72.5 Å². The summed E-state index contributed by atoms with van der Waals surface area (Å²) in [5.41, 5.74) is 2.03. The monoisotopic (exact) mass is 264 g/mol. The average Bonchev–Trinajstić information content (AvgIpc) is 2.96. The molecular formula is C17H12O3. The zero-order chi connectivity index (χ0) is 13.8. The Morgan fingerprint density at radius 2 is 1.60 bits per heavy atom. The fourth-order valence-electron chi connectivity index (χ4n) is 1.97. The second-order valence-electron chi connectivity index (χ2n) is 4.24. The van der Waals surface area contributed by atoms with Gasteiger partial charge in [0.05, 0.1) is 0 Å². The normalized spacial score (nSPS) is 10.2. The Kier molecular flexibility index (Phi) is 3.33. The fraction of sp³-hybridized carbons (Fsp3) is 0. The van der Waals surface area contributed by atoms with Gasteiger partial charge in [-0.3, -0.25) is 4.79 Å². The minimum Gasteiger partial charge on any atom is -0.425 e. The smallest absolute Gasteiger partial charge is 0.290 e. The van der Waals surface area contributed by atoms with Crippen LogP contribution in [0.5, 0.6) is 11.7 Å². The molecule has 0 N–H and O–H groups in total. The molecule has 0 aliphatic carbocycles. The Morgan fingerprint density at radius 1 is 0.850 bits per heavy atom. The predicted molar refractivity (Wildman–Crippen MR) is 76.0 cm³/mol. The summed E-state index contributed by atoms with van der Waals surface area (Å²) in [5.74, 6) is 1.23. The first-order chi connectivity index (χ1) is 9.86. The Balaban J connectivity index is 1.96. The topological polar surface area (TPSA) is 39.4 Å². The van der Waals surface area contributed by atoms with Crippen molar-refractivity contribution in [3.63, 3.8) is 0 Å². The highest BCUT2D eigenvalue weighted by Gasteiger charge is 2.09. The molecule has 0 atom stereocenters. The second kappa shape index (κ2) is 5.45. The Bertz CT molecular complexity index is 714. The van der Waals surface area contributed by atoms with Crippen LogP contribution in [0.25, 0.3) is 11.1 Å². The molecule has 0 fully saturated rings. The van der Waals surface area contributed by atoms with E-state index in [0.717, 1.165) is 11.1 Å². The van der Waals surface area contributed by atoms with Crippen molar-refractivity contribution in [3.8, 4) is 22.8 Å². The second-order valence-corrected chi connectivity index (χ2v) is 4.24. The van der Waals surface area contributed by atoms with Crippen molar-refractivity contribution >= 4 is 6.29 Å². The summed E-state index contributed by atoms with van der Waals surface area (Å²) < 4.78 is 11.0. The fourth-order valence-corrected chi connectivity index (χ4v) is 1.97. The van der Waals surface area contributed by atoms with E-state index >= 15 is 0 Å². The number of benzene rings is 2.